The molecular weight excluding hydrogens is 891 g/mol. The maximum atomic E-state index is 12.7. The van der Waals surface area contributed by atoms with Crippen molar-refractivity contribution < 1.29 is 33.4 Å². The summed E-state index contributed by atoms with van der Waals surface area (Å²) in [5, 5.41) is 25.5. The Hall–Kier alpha value is -7.31. The summed E-state index contributed by atoms with van der Waals surface area (Å²) in [4.78, 5) is 79.8. The van der Waals surface area contributed by atoms with Crippen LogP contribution in [0.15, 0.2) is 48.5 Å². The van der Waals surface area contributed by atoms with E-state index >= 15 is 0 Å². The molecule has 2 aromatic carbocycles. The van der Waals surface area contributed by atoms with E-state index in [1.54, 1.807) is 63.2 Å². The third-order valence-corrected chi connectivity index (χ3v) is 12.0. The smallest absolute Gasteiger partial charge is 0.317 e. The quantitative estimate of drug-likeness (QED) is 0.110. The van der Waals surface area contributed by atoms with E-state index in [2.05, 4.69) is 46.3 Å². The first-order valence-electron chi connectivity index (χ1n) is 23.3. The summed E-state index contributed by atoms with van der Waals surface area (Å²) < 4.78 is 10.6. The van der Waals surface area contributed by atoms with Crippen molar-refractivity contribution in [1.29, 1.82) is 0 Å². The summed E-state index contributed by atoms with van der Waals surface area (Å²) in [5.41, 5.74) is 19.3. The maximum absolute atomic E-state index is 12.7. The molecule has 4 aliphatic rings. The van der Waals surface area contributed by atoms with Gasteiger partial charge in [0.05, 0.1) is 26.4 Å². The van der Waals surface area contributed by atoms with Crippen molar-refractivity contribution in [3.8, 4) is 0 Å². The lowest BCUT2D eigenvalue weighted by atomic mass is 10.1. The number of benzene rings is 2. The molecule has 0 saturated carbocycles. The number of hydrogen-bond donors (Lipinski definition) is 6. The monoisotopic (exact) mass is 951 g/mol. The molecule has 368 valence electrons. The fraction of sp³-hybridized carbons (Fsp3) is 0.489. The minimum Gasteiger partial charge on any atom is -0.378 e. The third-order valence-electron chi connectivity index (χ3n) is 12.0. The Balaban J connectivity index is 0.000000208. The molecular formula is C45H61N17O7. The molecule has 0 unspecified atom stereocenters. The fourth-order valence-corrected chi connectivity index (χ4v) is 8.22. The summed E-state index contributed by atoms with van der Waals surface area (Å²) >= 11 is 0. The summed E-state index contributed by atoms with van der Waals surface area (Å²) in [6.07, 6.45) is 3.57. The van der Waals surface area contributed by atoms with Gasteiger partial charge in [-0.1, -0.05) is 0 Å². The summed E-state index contributed by atoms with van der Waals surface area (Å²) in [5.74, 6) is -0.491. The van der Waals surface area contributed by atoms with Crippen LogP contribution in [-0.4, -0.2) is 179 Å². The molecule has 4 aliphatic heterocycles. The van der Waals surface area contributed by atoms with Crippen molar-refractivity contribution in [1.82, 2.24) is 50.4 Å². The highest BCUT2D eigenvalue weighted by molar-refractivity contribution is 5.98. The van der Waals surface area contributed by atoms with E-state index < -0.39 is 11.8 Å². The second-order valence-corrected chi connectivity index (χ2v) is 16.8. The predicted octanol–water partition coefficient (Wildman–Crippen LogP) is 1.32. The van der Waals surface area contributed by atoms with Crippen LogP contribution in [0.5, 0.6) is 0 Å². The normalized spacial score (nSPS) is 18.3. The number of ether oxygens (including phenoxy) is 2. The van der Waals surface area contributed by atoms with Crippen LogP contribution in [-0.2, 0) is 9.47 Å². The molecule has 24 nitrogen and oxygen atoms in total. The Labute approximate surface area is 399 Å². The van der Waals surface area contributed by atoms with Crippen molar-refractivity contribution in [3.05, 3.63) is 71.0 Å². The number of morpholine rings is 2. The SMILES string of the molecule is CCN(CC)C(=O)N[C@@H]1CCCN(c2nnc(C(N)=O)c(Nc3ccc(C(=O)N4CCOCC4)cc3)n2)C1.NC(=O)c1nnc(N2CCC[C@@H](N)C2)nc1Nc1ccc(C(=O)N2CCOCC2)cc1. The highest BCUT2D eigenvalue weighted by atomic mass is 16.5. The van der Waals surface area contributed by atoms with E-state index in [4.69, 9.17) is 26.7 Å². The number of piperidine rings is 2. The largest absolute Gasteiger partial charge is 0.378 e. The first-order chi connectivity index (χ1) is 33.4. The van der Waals surface area contributed by atoms with Crippen molar-refractivity contribution in [2.45, 2.75) is 51.6 Å². The Morgan fingerprint density at radius 2 is 1.06 bits per heavy atom. The average molecular weight is 952 g/mol. The number of nitrogens with two attached hydrogens (primary N) is 3. The second-order valence-electron chi connectivity index (χ2n) is 16.8. The molecule has 0 radical (unpaired) electrons. The van der Waals surface area contributed by atoms with Gasteiger partial charge in [0.2, 0.25) is 11.9 Å². The van der Waals surface area contributed by atoms with Crippen LogP contribution < -0.4 is 43.0 Å². The van der Waals surface area contributed by atoms with Crippen LogP contribution >= 0.6 is 0 Å². The van der Waals surface area contributed by atoms with Gasteiger partial charge in [-0.25, -0.2) is 4.79 Å². The average Bonchev–Trinajstić information content (AvgIpc) is 3.37. The zero-order valence-corrected chi connectivity index (χ0v) is 39.0. The molecule has 0 aliphatic carbocycles. The standard InChI is InChI=1S/C25H35N9O4.C20H26N8O3/c1-3-32(4-2)25(37)28-19-6-5-11-34(16-19)24-29-22(20(21(26)35)30-31-24)27-18-9-7-17(8-10-18)23(36)33-12-14-38-15-13-33;21-14-2-1-7-28(12-14)20-24-18(16(17(22)29)25-26-20)23-15-5-3-13(4-6-15)19(30)27-8-10-31-11-9-27/h7-10,19H,3-6,11-16H2,1-2H3,(H2,26,35)(H,28,37)(H,27,29,31);3-6,14H,1-2,7-12,21H2,(H2,22,29)(H,23,24,26)/t19-;14-/m11/s1. The van der Waals surface area contributed by atoms with Gasteiger partial charge in [-0.3, -0.25) is 19.2 Å². The van der Waals surface area contributed by atoms with Gasteiger partial charge in [0, 0.05) is 100 Å². The number of nitrogens with zero attached hydrogens (tertiary/aromatic N) is 11. The number of anilines is 6. The van der Waals surface area contributed by atoms with Crippen molar-refractivity contribution in [3.63, 3.8) is 0 Å². The number of carbonyl (C=O) groups excluding carboxylic acids is 5. The van der Waals surface area contributed by atoms with Gasteiger partial charge in [-0.15, -0.1) is 20.4 Å². The van der Waals surface area contributed by atoms with E-state index in [0.717, 1.165) is 32.2 Å². The van der Waals surface area contributed by atoms with Crippen LogP contribution in [0.25, 0.3) is 0 Å². The van der Waals surface area contributed by atoms with E-state index in [0.29, 0.717) is 120 Å². The fourth-order valence-electron chi connectivity index (χ4n) is 8.22. The number of rotatable bonds is 13. The highest BCUT2D eigenvalue weighted by Gasteiger charge is 2.27. The molecule has 4 fully saturated rings. The Kier molecular flexibility index (Phi) is 17.0. The van der Waals surface area contributed by atoms with Gasteiger partial charge in [-0.2, -0.15) is 9.97 Å². The van der Waals surface area contributed by atoms with E-state index in [-0.39, 0.29) is 53.0 Å². The number of aromatic nitrogens is 6. The molecule has 6 amide bonds. The Morgan fingerprint density at radius 3 is 1.48 bits per heavy atom. The number of amides is 6. The number of hydrogen-bond acceptors (Lipinski definition) is 18. The molecule has 2 aromatic heterocycles. The van der Waals surface area contributed by atoms with E-state index in [1.807, 2.05) is 23.6 Å². The van der Waals surface area contributed by atoms with Gasteiger partial charge < -0.3 is 67.1 Å². The first kappa shape index (κ1) is 49.6. The molecule has 8 rings (SSSR count). The number of urea groups is 1. The van der Waals surface area contributed by atoms with Crippen LogP contribution in [0.4, 0.5) is 39.7 Å². The van der Waals surface area contributed by atoms with Crippen LogP contribution in [0.1, 0.15) is 81.2 Å². The second kappa shape index (κ2) is 23.6. The van der Waals surface area contributed by atoms with Crippen LogP contribution in [0.3, 0.4) is 0 Å². The zero-order valence-electron chi connectivity index (χ0n) is 39.0. The first-order valence-corrected chi connectivity index (χ1v) is 23.3. The van der Waals surface area contributed by atoms with Gasteiger partial charge in [-0.05, 0) is 88.1 Å². The molecule has 4 saturated heterocycles. The van der Waals surface area contributed by atoms with Gasteiger partial charge >= 0.3 is 6.03 Å². The molecule has 6 heterocycles. The van der Waals surface area contributed by atoms with Crippen molar-refractivity contribution >= 4 is 64.6 Å². The summed E-state index contributed by atoms with van der Waals surface area (Å²) in [6, 6.07) is 13.7. The van der Waals surface area contributed by atoms with Crippen molar-refractivity contribution in [2.75, 3.05) is 112 Å². The van der Waals surface area contributed by atoms with Gasteiger partial charge in [0.1, 0.15) is 0 Å². The minimum absolute atomic E-state index is 0.0416. The molecule has 4 aromatic rings. The lowest BCUT2D eigenvalue weighted by molar-refractivity contribution is 0.0301. The zero-order chi connectivity index (χ0) is 48.9. The molecule has 0 spiro atoms. The van der Waals surface area contributed by atoms with Gasteiger partial charge in [0.15, 0.2) is 23.0 Å². The Morgan fingerprint density at radius 1 is 0.623 bits per heavy atom. The summed E-state index contributed by atoms with van der Waals surface area (Å²) in [6.45, 7) is 12.2. The molecule has 69 heavy (non-hydrogen) atoms. The van der Waals surface area contributed by atoms with Crippen LogP contribution in [0, 0.1) is 0 Å². The topological polar surface area (TPSA) is 312 Å². The Bertz CT molecular complexity index is 2410. The summed E-state index contributed by atoms with van der Waals surface area (Å²) in [7, 11) is 0. The molecule has 9 N–H and O–H groups in total. The number of carbonyl (C=O) groups is 5. The molecule has 2 atom stereocenters. The predicted molar refractivity (Wildman–Crippen MR) is 256 cm³/mol. The number of primary amides is 2. The van der Waals surface area contributed by atoms with Crippen LogP contribution in [0.2, 0.25) is 0 Å². The van der Waals surface area contributed by atoms with Gasteiger partial charge in [0.25, 0.3) is 23.6 Å². The maximum Gasteiger partial charge on any atom is 0.317 e. The number of nitrogens with one attached hydrogen (secondary N) is 3. The lowest BCUT2D eigenvalue weighted by Crippen LogP contribution is -2.52. The van der Waals surface area contributed by atoms with Crippen molar-refractivity contribution in [2.24, 2.45) is 17.2 Å². The lowest BCUT2D eigenvalue weighted by Gasteiger charge is -2.34. The third kappa shape index (κ3) is 13.0. The van der Waals surface area contributed by atoms with E-state index in [9.17, 15) is 24.0 Å². The minimum atomic E-state index is -0.763. The van der Waals surface area contributed by atoms with E-state index in [1.165, 1.54) is 0 Å². The highest BCUT2D eigenvalue weighted by Crippen LogP contribution is 2.25. The molecule has 0 bridgehead atoms. The molecule has 24 heteroatoms.